The minimum Gasteiger partial charge on any atom is -0.294 e. The fourth-order valence-electron chi connectivity index (χ4n) is 1.71. The van der Waals surface area contributed by atoms with Gasteiger partial charge in [0.15, 0.2) is 0 Å². The Morgan fingerprint density at radius 1 is 1.09 bits per heavy atom. The summed E-state index contributed by atoms with van der Waals surface area (Å²) in [7, 11) is 0. The van der Waals surface area contributed by atoms with Crippen LogP contribution in [0.5, 0.6) is 0 Å². The summed E-state index contributed by atoms with van der Waals surface area (Å²) >= 11 is 6.36. The van der Waals surface area contributed by atoms with Crippen molar-refractivity contribution >= 4 is 45.0 Å². The summed E-state index contributed by atoms with van der Waals surface area (Å²) in [5.74, 6) is -1.30. The van der Waals surface area contributed by atoms with E-state index in [0.717, 1.165) is 5.56 Å². The van der Waals surface area contributed by atoms with E-state index in [1.165, 1.54) is 11.3 Å². The zero-order valence-corrected chi connectivity index (χ0v) is 13.6. The summed E-state index contributed by atoms with van der Waals surface area (Å²) in [5.41, 5.74) is 0.829. The third kappa shape index (κ3) is 5.50. The summed E-state index contributed by atoms with van der Waals surface area (Å²) < 4.78 is 0. The second-order valence-corrected chi connectivity index (χ2v) is 5.99. The number of rotatable bonds is 8. The normalized spacial score (nSPS) is 10.3. The van der Waals surface area contributed by atoms with Gasteiger partial charge in [0.1, 0.15) is 5.01 Å². The number of nitrogens with zero attached hydrogens (tertiary/aromatic N) is 3. The Morgan fingerprint density at radius 2 is 1.78 bits per heavy atom. The van der Waals surface area contributed by atoms with E-state index in [9.17, 15) is 14.4 Å². The van der Waals surface area contributed by atoms with E-state index in [1.54, 1.807) is 24.5 Å². The number of halogens is 1. The van der Waals surface area contributed by atoms with Crippen LogP contribution < -0.4 is 5.32 Å². The molecule has 2 rings (SSSR count). The number of carbonyl (C=O) groups is 3. The van der Waals surface area contributed by atoms with Crippen LogP contribution in [0.25, 0.3) is 10.6 Å². The second-order valence-electron chi connectivity index (χ2n) is 4.59. The molecular formula is C14H13ClN4O3S. The highest BCUT2D eigenvalue weighted by Crippen LogP contribution is 2.25. The number of ketones is 1. The van der Waals surface area contributed by atoms with Crippen molar-refractivity contribution in [3.05, 3.63) is 24.5 Å². The average Bonchev–Trinajstić information content (AvgIpc) is 3.00. The molecule has 1 amide bonds. The number of pyridine rings is 1. The van der Waals surface area contributed by atoms with Crippen LogP contribution in [0.4, 0.5) is 5.13 Å². The molecule has 120 valence electrons. The topological polar surface area (TPSA) is 102 Å². The molecule has 2 heterocycles. The first-order valence-electron chi connectivity index (χ1n) is 6.82. The Morgan fingerprint density at radius 3 is 2.48 bits per heavy atom. The molecule has 7 nitrogen and oxygen atoms in total. The molecular weight excluding hydrogens is 340 g/mol. The molecule has 0 saturated heterocycles. The van der Waals surface area contributed by atoms with Crippen LogP contribution in [0, 0.1) is 0 Å². The lowest BCUT2D eigenvalue weighted by atomic mass is 10.1. The van der Waals surface area contributed by atoms with Crippen molar-refractivity contribution in [3.8, 4) is 10.6 Å². The summed E-state index contributed by atoms with van der Waals surface area (Å²) in [5, 5.41) is 10.7. The van der Waals surface area contributed by atoms with E-state index in [4.69, 9.17) is 11.6 Å². The maximum absolute atomic E-state index is 11.8. The Balaban J connectivity index is 1.84. The molecule has 1 N–H and O–H groups in total. The van der Waals surface area contributed by atoms with Gasteiger partial charge in [0.05, 0.1) is 0 Å². The van der Waals surface area contributed by atoms with Crippen molar-refractivity contribution in [2.75, 3.05) is 5.32 Å². The van der Waals surface area contributed by atoms with Crippen molar-refractivity contribution in [2.24, 2.45) is 0 Å². The van der Waals surface area contributed by atoms with Gasteiger partial charge in [0, 0.05) is 30.8 Å². The minimum atomic E-state index is -0.736. The van der Waals surface area contributed by atoms with Crippen LogP contribution >= 0.6 is 22.9 Å². The Bertz CT molecular complexity index is 705. The van der Waals surface area contributed by atoms with Gasteiger partial charge in [-0.25, -0.2) is 0 Å². The first kappa shape index (κ1) is 17.2. The van der Waals surface area contributed by atoms with Crippen molar-refractivity contribution in [3.63, 3.8) is 0 Å². The van der Waals surface area contributed by atoms with Crippen LogP contribution in [-0.2, 0) is 14.4 Å². The second kappa shape index (κ2) is 8.44. The zero-order valence-electron chi connectivity index (χ0n) is 12.0. The average molecular weight is 353 g/mol. The van der Waals surface area contributed by atoms with Crippen molar-refractivity contribution in [2.45, 2.75) is 25.7 Å². The largest absolute Gasteiger partial charge is 0.294 e. The van der Waals surface area contributed by atoms with Gasteiger partial charge in [-0.05, 0) is 36.6 Å². The molecule has 0 radical (unpaired) electrons. The third-order valence-corrected chi connectivity index (χ3v) is 3.93. The van der Waals surface area contributed by atoms with Gasteiger partial charge in [-0.15, -0.1) is 10.2 Å². The van der Waals surface area contributed by atoms with Crippen molar-refractivity contribution in [1.82, 2.24) is 15.2 Å². The Kier molecular flexibility index (Phi) is 6.30. The summed E-state index contributed by atoms with van der Waals surface area (Å²) in [6.07, 6.45) is 4.43. The predicted molar refractivity (Wildman–Crippen MR) is 86.1 cm³/mol. The number of aromatic nitrogens is 3. The van der Waals surface area contributed by atoms with Gasteiger partial charge in [0.25, 0.3) is 5.91 Å². The molecule has 0 aliphatic rings. The molecule has 0 spiro atoms. The van der Waals surface area contributed by atoms with Crippen LogP contribution in [0.1, 0.15) is 25.7 Å². The molecule has 9 heteroatoms. The molecule has 2 aromatic rings. The van der Waals surface area contributed by atoms with Crippen LogP contribution in [0.15, 0.2) is 24.5 Å². The summed E-state index contributed by atoms with van der Waals surface area (Å²) in [6, 6.07) is 3.55. The maximum Gasteiger partial charge on any atom is 0.293 e. The quantitative estimate of drug-likeness (QED) is 0.444. The first-order valence-corrected chi connectivity index (χ1v) is 8.02. The minimum absolute atomic E-state index is 0.0615. The fraction of sp³-hybridized carbons (Fsp3) is 0.286. The number of carbonyl (C=O) groups excluding carboxylic acids is 3. The standard InChI is InChI=1S/C14H13ClN4O3S/c15-11(21)4-2-1-3-10(20)12(22)17-14-19-18-13(23-14)9-5-7-16-8-6-9/h5-8H,1-4H2,(H,17,19,22). The van der Waals surface area contributed by atoms with Gasteiger partial charge in [0.2, 0.25) is 16.2 Å². The molecule has 0 aliphatic heterocycles. The predicted octanol–water partition coefficient (Wildman–Crippen LogP) is 2.43. The summed E-state index contributed by atoms with van der Waals surface area (Å²) in [4.78, 5) is 37.9. The lowest BCUT2D eigenvalue weighted by Crippen LogP contribution is -2.22. The molecule has 23 heavy (non-hydrogen) atoms. The number of hydrogen-bond acceptors (Lipinski definition) is 7. The molecule has 0 fully saturated rings. The highest BCUT2D eigenvalue weighted by Gasteiger charge is 2.16. The SMILES string of the molecule is O=C(Cl)CCCCC(=O)C(=O)Nc1nnc(-c2ccncc2)s1. The van der Waals surface area contributed by atoms with Crippen LogP contribution in [0.3, 0.4) is 0 Å². The van der Waals surface area contributed by atoms with E-state index >= 15 is 0 Å². The van der Waals surface area contributed by atoms with E-state index in [1.807, 2.05) is 0 Å². The third-order valence-electron chi connectivity index (χ3n) is 2.85. The number of amides is 1. The van der Waals surface area contributed by atoms with Gasteiger partial charge in [-0.2, -0.15) is 0 Å². The molecule has 0 aliphatic carbocycles. The van der Waals surface area contributed by atoms with Gasteiger partial charge < -0.3 is 0 Å². The van der Waals surface area contributed by atoms with E-state index < -0.39 is 16.9 Å². The van der Waals surface area contributed by atoms with Crippen LogP contribution in [0.2, 0.25) is 0 Å². The monoisotopic (exact) mass is 352 g/mol. The van der Waals surface area contributed by atoms with E-state index in [2.05, 4.69) is 20.5 Å². The maximum atomic E-state index is 11.8. The first-order chi connectivity index (χ1) is 11.1. The molecule has 0 saturated carbocycles. The Hall–Kier alpha value is -2.19. The number of unbranched alkanes of at least 4 members (excludes halogenated alkanes) is 1. The lowest BCUT2D eigenvalue weighted by Gasteiger charge is -2.00. The Labute approximate surface area is 141 Å². The fourth-order valence-corrected chi connectivity index (χ4v) is 2.59. The van der Waals surface area contributed by atoms with Gasteiger partial charge in [-0.1, -0.05) is 11.3 Å². The molecule has 0 unspecified atom stereocenters. The highest BCUT2D eigenvalue weighted by molar-refractivity contribution is 7.18. The van der Waals surface area contributed by atoms with Gasteiger partial charge >= 0.3 is 0 Å². The van der Waals surface area contributed by atoms with E-state index in [-0.39, 0.29) is 18.0 Å². The van der Waals surface area contributed by atoms with Crippen LogP contribution in [-0.4, -0.2) is 32.1 Å². The molecule has 0 atom stereocenters. The van der Waals surface area contributed by atoms with Crippen molar-refractivity contribution < 1.29 is 14.4 Å². The lowest BCUT2D eigenvalue weighted by molar-refractivity contribution is -0.134. The van der Waals surface area contributed by atoms with E-state index in [0.29, 0.717) is 17.8 Å². The van der Waals surface area contributed by atoms with Gasteiger partial charge in [-0.3, -0.25) is 24.7 Å². The smallest absolute Gasteiger partial charge is 0.293 e. The number of nitrogens with one attached hydrogen (secondary N) is 1. The van der Waals surface area contributed by atoms with Crippen molar-refractivity contribution in [1.29, 1.82) is 0 Å². The molecule has 0 aromatic carbocycles. The number of anilines is 1. The summed E-state index contributed by atoms with van der Waals surface area (Å²) in [6.45, 7) is 0. The zero-order chi connectivity index (χ0) is 16.7. The molecule has 0 bridgehead atoms. The number of hydrogen-bond donors (Lipinski definition) is 1. The number of Topliss-reactive ketones (excluding diaryl/α,β-unsaturated/α-hetero) is 1. The molecule has 2 aromatic heterocycles. The highest BCUT2D eigenvalue weighted by atomic mass is 35.5.